The van der Waals surface area contributed by atoms with Gasteiger partial charge in [0.2, 0.25) is 0 Å². The predicted octanol–water partition coefficient (Wildman–Crippen LogP) is 1.40. The molecule has 1 heteroatoms. The Morgan fingerprint density at radius 1 is 1.15 bits per heavy atom. The first kappa shape index (κ1) is 11.9. The highest BCUT2D eigenvalue weighted by Gasteiger charge is 1.86. The van der Waals surface area contributed by atoms with E-state index in [1.54, 1.807) is 0 Å². The standard InChI is InChI=1S/C9H10.C3H9N/c1-3-9-7-5-4-6-8(9)2;1-4(2)3/h3-7H,1H2,2H3;1-3H3/p+1. The lowest BCUT2D eigenvalue weighted by Crippen LogP contribution is -3.02. The second kappa shape index (κ2) is 6.44. The minimum atomic E-state index is 1.22. The van der Waals surface area contributed by atoms with Gasteiger partial charge in [-0.3, -0.25) is 0 Å². The molecule has 1 rings (SSSR count). The Morgan fingerprint density at radius 2 is 1.62 bits per heavy atom. The second-order valence-corrected chi connectivity index (χ2v) is 3.56. The molecular formula is C12H20N+. The molecular weight excluding hydrogens is 158 g/mol. The van der Waals surface area contributed by atoms with Crippen molar-refractivity contribution < 1.29 is 4.90 Å². The fourth-order valence-electron chi connectivity index (χ4n) is 0.816. The summed E-state index contributed by atoms with van der Waals surface area (Å²) in [6, 6.07) is 8.19. The molecule has 0 radical (unpaired) electrons. The maximum Gasteiger partial charge on any atom is 0.0661 e. The van der Waals surface area contributed by atoms with Gasteiger partial charge in [-0.05, 0) is 18.1 Å². The molecule has 0 saturated heterocycles. The fourth-order valence-corrected chi connectivity index (χ4v) is 0.816. The van der Waals surface area contributed by atoms with Crippen LogP contribution in [0.4, 0.5) is 0 Å². The van der Waals surface area contributed by atoms with Gasteiger partial charge in [0.15, 0.2) is 0 Å². The molecule has 72 valence electrons. The van der Waals surface area contributed by atoms with Crippen molar-refractivity contribution in [3.63, 3.8) is 0 Å². The fraction of sp³-hybridized carbons (Fsp3) is 0.333. The molecule has 0 aromatic heterocycles. The Morgan fingerprint density at radius 3 is 1.92 bits per heavy atom. The van der Waals surface area contributed by atoms with Crippen LogP contribution >= 0.6 is 0 Å². The number of benzene rings is 1. The van der Waals surface area contributed by atoms with Crippen molar-refractivity contribution in [1.82, 2.24) is 0 Å². The van der Waals surface area contributed by atoms with E-state index >= 15 is 0 Å². The molecule has 0 aliphatic carbocycles. The number of hydrogen-bond acceptors (Lipinski definition) is 0. The third-order valence-corrected chi connectivity index (χ3v) is 1.41. The van der Waals surface area contributed by atoms with E-state index in [2.05, 4.69) is 46.8 Å². The minimum Gasteiger partial charge on any atom is -0.342 e. The van der Waals surface area contributed by atoms with E-state index in [4.69, 9.17) is 0 Å². The number of rotatable bonds is 1. The molecule has 1 aromatic rings. The van der Waals surface area contributed by atoms with Crippen molar-refractivity contribution in [3.05, 3.63) is 42.0 Å². The van der Waals surface area contributed by atoms with Gasteiger partial charge in [0.25, 0.3) is 0 Å². The summed E-state index contributed by atoms with van der Waals surface area (Å²) in [6.07, 6.45) is 1.87. The summed E-state index contributed by atoms with van der Waals surface area (Å²) in [5.74, 6) is 0. The summed E-state index contributed by atoms with van der Waals surface area (Å²) < 4.78 is 0. The van der Waals surface area contributed by atoms with Crippen LogP contribution in [0.5, 0.6) is 0 Å². The van der Waals surface area contributed by atoms with Crippen LogP contribution in [-0.4, -0.2) is 21.1 Å². The van der Waals surface area contributed by atoms with Gasteiger partial charge in [-0.15, -0.1) is 0 Å². The summed E-state index contributed by atoms with van der Waals surface area (Å²) in [5, 5.41) is 0. The molecule has 0 unspecified atom stereocenters. The number of nitrogens with one attached hydrogen (secondary N) is 1. The van der Waals surface area contributed by atoms with Gasteiger partial charge in [0.1, 0.15) is 0 Å². The van der Waals surface area contributed by atoms with Gasteiger partial charge in [0, 0.05) is 0 Å². The van der Waals surface area contributed by atoms with Crippen molar-refractivity contribution in [2.75, 3.05) is 21.1 Å². The van der Waals surface area contributed by atoms with E-state index in [0.717, 1.165) is 0 Å². The Labute approximate surface area is 81.7 Å². The topological polar surface area (TPSA) is 4.44 Å². The Hall–Kier alpha value is -1.08. The van der Waals surface area contributed by atoms with Crippen molar-refractivity contribution in [2.45, 2.75) is 6.92 Å². The monoisotopic (exact) mass is 178 g/mol. The highest BCUT2D eigenvalue weighted by Crippen LogP contribution is 2.06. The minimum absolute atomic E-state index is 1.22. The summed E-state index contributed by atoms with van der Waals surface area (Å²) >= 11 is 0. The quantitative estimate of drug-likeness (QED) is 0.663. The largest absolute Gasteiger partial charge is 0.342 e. The first-order chi connectivity index (χ1) is 6.07. The van der Waals surface area contributed by atoms with Gasteiger partial charge < -0.3 is 4.90 Å². The first-order valence-electron chi connectivity index (χ1n) is 4.52. The van der Waals surface area contributed by atoms with Crippen LogP contribution in [0.25, 0.3) is 6.08 Å². The van der Waals surface area contributed by atoms with Crippen molar-refractivity contribution in [2.24, 2.45) is 0 Å². The third-order valence-electron chi connectivity index (χ3n) is 1.41. The summed E-state index contributed by atoms with van der Waals surface area (Å²) in [6.45, 7) is 5.77. The normalized spacial score (nSPS) is 9.00. The SMILES string of the molecule is C=Cc1ccccc1C.C[NH+](C)C. The third kappa shape index (κ3) is 6.12. The van der Waals surface area contributed by atoms with Crippen LogP contribution in [0.15, 0.2) is 30.8 Å². The molecule has 0 heterocycles. The zero-order valence-corrected chi connectivity index (χ0v) is 9.09. The Bertz CT molecular complexity index is 248. The molecule has 1 aromatic carbocycles. The number of quaternary nitrogens is 1. The van der Waals surface area contributed by atoms with Gasteiger partial charge in [0.05, 0.1) is 21.1 Å². The van der Waals surface area contributed by atoms with Crippen molar-refractivity contribution >= 4 is 6.08 Å². The van der Waals surface area contributed by atoms with Crippen LogP contribution in [-0.2, 0) is 0 Å². The zero-order chi connectivity index (χ0) is 10.3. The second-order valence-electron chi connectivity index (χ2n) is 3.56. The molecule has 0 fully saturated rings. The molecule has 1 nitrogen and oxygen atoms in total. The Kier molecular flexibility index (Phi) is 5.90. The molecule has 0 atom stereocenters. The molecule has 0 saturated carbocycles. The highest BCUT2D eigenvalue weighted by atomic mass is 15.0. The van der Waals surface area contributed by atoms with Crippen LogP contribution in [0.3, 0.4) is 0 Å². The lowest BCUT2D eigenvalue weighted by Gasteiger charge is -1.95. The summed E-state index contributed by atoms with van der Waals surface area (Å²) in [7, 11) is 6.25. The van der Waals surface area contributed by atoms with E-state index in [1.165, 1.54) is 16.0 Å². The lowest BCUT2D eigenvalue weighted by atomic mass is 10.1. The van der Waals surface area contributed by atoms with Crippen LogP contribution in [0.2, 0.25) is 0 Å². The highest BCUT2D eigenvalue weighted by molar-refractivity contribution is 5.50. The summed E-state index contributed by atoms with van der Waals surface area (Å²) in [5.41, 5.74) is 2.50. The van der Waals surface area contributed by atoms with E-state index in [0.29, 0.717) is 0 Å². The van der Waals surface area contributed by atoms with Gasteiger partial charge in [-0.2, -0.15) is 0 Å². The Balaban J connectivity index is 0.000000310. The molecule has 0 bridgehead atoms. The molecule has 0 aliphatic heterocycles. The maximum atomic E-state index is 3.69. The van der Waals surface area contributed by atoms with E-state index in [-0.39, 0.29) is 0 Å². The van der Waals surface area contributed by atoms with Crippen LogP contribution < -0.4 is 4.90 Å². The average Bonchev–Trinajstić information content (AvgIpc) is 2.04. The first-order valence-corrected chi connectivity index (χ1v) is 4.52. The molecule has 0 aliphatic rings. The maximum absolute atomic E-state index is 3.69. The lowest BCUT2D eigenvalue weighted by molar-refractivity contribution is -0.836. The van der Waals surface area contributed by atoms with Crippen LogP contribution in [0, 0.1) is 6.92 Å². The smallest absolute Gasteiger partial charge is 0.0661 e. The number of hydrogen-bond donors (Lipinski definition) is 1. The van der Waals surface area contributed by atoms with Gasteiger partial charge >= 0.3 is 0 Å². The van der Waals surface area contributed by atoms with Crippen molar-refractivity contribution in [3.8, 4) is 0 Å². The molecule has 0 amide bonds. The predicted molar refractivity (Wildman–Crippen MR) is 60.0 cm³/mol. The number of aryl methyl sites for hydroxylation is 1. The molecule has 1 N–H and O–H groups in total. The van der Waals surface area contributed by atoms with Gasteiger partial charge in [-0.25, -0.2) is 0 Å². The molecule has 0 spiro atoms. The van der Waals surface area contributed by atoms with E-state index in [9.17, 15) is 0 Å². The average molecular weight is 178 g/mol. The van der Waals surface area contributed by atoms with E-state index < -0.39 is 0 Å². The van der Waals surface area contributed by atoms with Crippen LogP contribution in [0.1, 0.15) is 11.1 Å². The zero-order valence-electron chi connectivity index (χ0n) is 9.09. The van der Waals surface area contributed by atoms with Crippen molar-refractivity contribution in [1.29, 1.82) is 0 Å². The molecule has 13 heavy (non-hydrogen) atoms. The summed E-state index contributed by atoms with van der Waals surface area (Å²) in [4.78, 5) is 1.42. The van der Waals surface area contributed by atoms with E-state index in [1.807, 2.05) is 18.2 Å². The van der Waals surface area contributed by atoms with Gasteiger partial charge in [-0.1, -0.05) is 36.9 Å².